The van der Waals surface area contributed by atoms with Crippen molar-refractivity contribution in [1.82, 2.24) is 0 Å². The standard InChI is InChI=1S/C22H24ClNO5/c1-5-28-19-12-16(11-17(23)22(19)27-4)9-10-21(26)29-13-20(25)24-18-8-6-7-14(2)15(18)3/h6-12H,5,13H2,1-4H3,(H,24,25)/b10-9+. The summed E-state index contributed by atoms with van der Waals surface area (Å²) in [6, 6.07) is 8.94. The van der Waals surface area contributed by atoms with Crippen LogP contribution in [0.3, 0.4) is 0 Å². The molecule has 2 rings (SSSR count). The molecule has 0 bridgehead atoms. The molecule has 2 aromatic rings. The number of carbonyl (C=O) groups excluding carboxylic acids is 2. The average molecular weight is 418 g/mol. The zero-order chi connectivity index (χ0) is 21.4. The molecule has 0 aliphatic heterocycles. The van der Waals surface area contributed by atoms with Crippen molar-refractivity contribution in [3.63, 3.8) is 0 Å². The lowest BCUT2D eigenvalue weighted by atomic mass is 10.1. The van der Waals surface area contributed by atoms with Gasteiger partial charge in [-0.1, -0.05) is 23.7 Å². The number of amides is 1. The van der Waals surface area contributed by atoms with E-state index in [1.165, 1.54) is 19.3 Å². The maximum absolute atomic E-state index is 12.0. The lowest BCUT2D eigenvalue weighted by Gasteiger charge is -2.11. The minimum absolute atomic E-state index is 0.361. The van der Waals surface area contributed by atoms with Crippen LogP contribution < -0.4 is 14.8 Å². The van der Waals surface area contributed by atoms with Crippen LogP contribution in [0.2, 0.25) is 5.02 Å². The maximum atomic E-state index is 12.0. The van der Waals surface area contributed by atoms with Gasteiger partial charge in [0.25, 0.3) is 5.91 Å². The Morgan fingerprint density at radius 2 is 1.97 bits per heavy atom. The third-order valence-electron chi connectivity index (χ3n) is 4.17. The predicted molar refractivity (Wildman–Crippen MR) is 114 cm³/mol. The minimum Gasteiger partial charge on any atom is -0.491 e. The zero-order valence-electron chi connectivity index (χ0n) is 16.9. The lowest BCUT2D eigenvalue weighted by molar-refractivity contribution is -0.142. The quantitative estimate of drug-likeness (QED) is 0.503. The van der Waals surface area contributed by atoms with Gasteiger partial charge < -0.3 is 19.5 Å². The number of rotatable bonds is 8. The van der Waals surface area contributed by atoms with E-state index < -0.39 is 11.9 Å². The zero-order valence-corrected chi connectivity index (χ0v) is 17.6. The van der Waals surface area contributed by atoms with Gasteiger partial charge in [-0.25, -0.2) is 4.79 Å². The van der Waals surface area contributed by atoms with Crippen LogP contribution in [0.1, 0.15) is 23.6 Å². The molecule has 0 saturated heterocycles. The number of carbonyl (C=O) groups is 2. The number of methoxy groups -OCH3 is 1. The van der Waals surface area contributed by atoms with Crippen LogP contribution in [0.25, 0.3) is 6.08 Å². The van der Waals surface area contributed by atoms with Crippen molar-refractivity contribution in [1.29, 1.82) is 0 Å². The molecule has 0 aliphatic rings. The molecule has 0 radical (unpaired) electrons. The van der Waals surface area contributed by atoms with E-state index in [9.17, 15) is 9.59 Å². The normalized spacial score (nSPS) is 10.7. The molecule has 0 unspecified atom stereocenters. The third kappa shape index (κ3) is 6.26. The van der Waals surface area contributed by atoms with Crippen LogP contribution in [0.4, 0.5) is 5.69 Å². The van der Waals surface area contributed by atoms with Crippen molar-refractivity contribution in [2.75, 3.05) is 25.6 Å². The highest BCUT2D eigenvalue weighted by Crippen LogP contribution is 2.36. The van der Waals surface area contributed by atoms with Gasteiger partial charge in [0, 0.05) is 11.8 Å². The van der Waals surface area contributed by atoms with E-state index in [-0.39, 0.29) is 6.61 Å². The maximum Gasteiger partial charge on any atom is 0.331 e. The minimum atomic E-state index is -0.647. The van der Waals surface area contributed by atoms with Crippen LogP contribution >= 0.6 is 11.6 Å². The van der Waals surface area contributed by atoms with Gasteiger partial charge in [-0.15, -0.1) is 0 Å². The van der Waals surface area contributed by atoms with Gasteiger partial charge in [-0.2, -0.15) is 0 Å². The van der Waals surface area contributed by atoms with E-state index in [0.717, 1.165) is 11.1 Å². The largest absolute Gasteiger partial charge is 0.491 e. The second-order valence-electron chi connectivity index (χ2n) is 6.20. The Hall–Kier alpha value is -2.99. The Labute approximate surface area is 175 Å². The smallest absolute Gasteiger partial charge is 0.331 e. The van der Waals surface area contributed by atoms with Gasteiger partial charge in [0.2, 0.25) is 0 Å². The molecule has 7 heteroatoms. The van der Waals surface area contributed by atoms with Gasteiger partial charge in [-0.3, -0.25) is 4.79 Å². The first-order valence-corrected chi connectivity index (χ1v) is 9.44. The van der Waals surface area contributed by atoms with Crippen molar-refractivity contribution in [3.05, 3.63) is 58.1 Å². The number of benzene rings is 2. The number of hydrogen-bond acceptors (Lipinski definition) is 5. The Bertz CT molecular complexity index is 924. The Kier molecular flexibility index (Phi) is 8.09. The number of aryl methyl sites for hydroxylation is 1. The lowest BCUT2D eigenvalue weighted by Crippen LogP contribution is -2.20. The molecule has 0 aromatic heterocycles. The monoisotopic (exact) mass is 417 g/mol. The first-order chi connectivity index (χ1) is 13.8. The molecule has 0 heterocycles. The van der Waals surface area contributed by atoms with Crippen LogP contribution in [0.15, 0.2) is 36.4 Å². The molecule has 29 heavy (non-hydrogen) atoms. The van der Waals surface area contributed by atoms with E-state index in [2.05, 4.69) is 5.32 Å². The Morgan fingerprint density at radius 3 is 2.66 bits per heavy atom. The van der Waals surface area contributed by atoms with Crippen molar-refractivity contribution in [3.8, 4) is 11.5 Å². The summed E-state index contributed by atoms with van der Waals surface area (Å²) in [5, 5.41) is 3.09. The van der Waals surface area contributed by atoms with Gasteiger partial charge in [0.1, 0.15) is 0 Å². The highest BCUT2D eigenvalue weighted by molar-refractivity contribution is 6.32. The van der Waals surface area contributed by atoms with Gasteiger partial charge >= 0.3 is 5.97 Å². The van der Waals surface area contributed by atoms with E-state index in [0.29, 0.717) is 34.4 Å². The molecule has 2 aromatic carbocycles. The molecule has 0 spiro atoms. The van der Waals surface area contributed by atoms with Crippen LogP contribution in [0.5, 0.6) is 11.5 Å². The number of nitrogens with one attached hydrogen (secondary N) is 1. The van der Waals surface area contributed by atoms with Gasteiger partial charge in [0.05, 0.1) is 18.7 Å². The molecule has 154 valence electrons. The van der Waals surface area contributed by atoms with Gasteiger partial charge in [0.15, 0.2) is 18.1 Å². The third-order valence-corrected chi connectivity index (χ3v) is 4.45. The summed E-state index contributed by atoms with van der Waals surface area (Å²) in [5.41, 5.74) is 3.36. The second kappa shape index (κ2) is 10.5. The first-order valence-electron chi connectivity index (χ1n) is 9.07. The van der Waals surface area contributed by atoms with Crippen molar-refractivity contribution >= 4 is 35.2 Å². The molecule has 1 amide bonds. The van der Waals surface area contributed by atoms with Crippen molar-refractivity contribution in [2.24, 2.45) is 0 Å². The highest BCUT2D eigenvalue weighted by atomic mass is 35.5. The summed E-state index contributed by atoms with van der Waals surface area (Å²) >= 11 is 6.18. The summed E-state index contributed by atoms with van der Waals surface area (Å²) < 4.78 is 15.7. The molecular formula is C22H24ClNO5. The summed E-state index contributed by atoms with van der Waals surface area (Å²) in [7, 11) is 1.50. The summed E-state index contributed by atoms with van der Waals surface area (Å²) in [4.78, 5) is 24.0. The summed E-state index contributed by atoms with van der Waals surface area (Å²) in [5.74, 6) is -0.155. The number of halogens is 1. The Morgan fingerprint density at radius 1 is 1.21 bits per heavy atom. The van der Waals surface area contributed by atoms with Crippen LogP contribution in [0, 0.1) is 13.8 Å². The fourth-order valence-electron chi connectivity index (χ4n) is 2.57. The number of hydrogen-bond donors (Lipinski definition) is 1. The molecule has 1 N–H and O–H groups in total. The number of esters is 1. The van der Waals surface area contributed by atoms with E-state index in [1.807, 2.05) is 32.9 Å². The van der Waals surface area contributed by atoms with Crippen molar-refractivity contribution in [2.45, 2.75) is 20.8 Å². The van der Waals surface area contributed by atoms with Crippen LogP contribution in [-0.2, 0) is 14.3 Å². The van der Waals surface area contributed by atoms with E-state index in [4.69, 9.17) is 25.8 Å². The molecule has 0 saturated carbocycles. The molecule has 6 nitrogen and oxygen atoms in total. The topological polar surface area (TPSA) is 73.9 Å². The van der Waals surface area contributed by atoms with E-state index >= 15 is 0 Å². The summed E-state index contributed by atoms with van der Waals surface area (Å²) in [6.45, 7) is 5.77. The molecule has 0 aliphatic carbocycles. The molecule has 0 atom stereocenters. The second-order valence-corrected chi connectivity index (χ2v) is 6.61. The predicted octanol–water partition coefficient (Wildman–Crippen LogP) is 4.56. The molecule has 0 fully saturated rings. The molecular weight excluding hydrogens is 394 g/mol. The SMILES string of the molecule is CCOc1cc(/C=C/C(=O)OCC(=O)Nc2cccc(C)c2C)cc(Cl)c1OC. The fourth-order valence-corrected chi connectivity index (χ4v) is 2.86. The van der Waals surface area contributed by atoms with Gasteiger partial charge in [-0.05, 0) is 61.7 Å². The number of ether oxygens (including phenoxy) is 3. The van der Waals surface area contributed by atoms with E-state index in [1.54, 1.807) is 18.2 Å². The van der Waals surface area contributed by atoms with Crippen LogP contribution in [-0.4, -0.2) is 32.2 Å². The van der Waals surface area contributed by atoms with Crippen molar-refractivity contribution < 1.29 is 23.8 Å². The Balaban J connectivity index is 1.96. The first kappa shape index (κ1) is 22.3. The average Bonchev–Trinajstić information content (AvgIpc) is 2.68. The summed E-state index contributed by atoms with van der Waals surface area (Å²) in [6.07, 6.45) is 2.75. The fraction of sp³-hybridized carbons (Fsp3) is 0.273. The highest BCUT2D eigenvalue weighted by Gasteiger charge is 2.11. The number of anilines is 1.